The van der Waals surface area contributed by atoms with Crippen LogP contribution in [0, 0.1) is 11.7 Å². The van der Waals surface area contributed by atoms with Crippen molar-refractivity contribution in [3.8, 4) is 0 Å². The van der Waals surface area contributed by atoms with Crippen LogP contribution in [0.15, 0.2) is 24.3 Å². The third-order valence-corrected chi connectivity index (χ3v) is 4.20. The summed E-state index contributed by atoms with van der Waals surface area (Å²) in [7, 11) is 0. The number of halogens is 1. The van der Waals surface area contributed by atoms with Gasteiger partial charge in [-0.1, -0.05) is 19.1 Å². The third kappa shape index (κ3) is 4.51. The highest BCUT2D eigenvalue weighted by Crippen LogP contribution is 2.26. The van der Waals surface area contributed by atoms with E-state index in [1.807, 2.05) is 13.8 Å². The summed E-state index contributed by atoms with van der Waals surface area (Å²) in [6.07, 6.45) is 0.407. The molecular weight excluding hydrogens is 271 g/mol. The van der Waals surface area contributed by atoms with Crippen molar-refractivity contribution in [2.75, 3.05) is 19.6 Å². The maximum absolute atomic E-state index is 12.8. The van der Waals surface area contributed by atoms with Gasteiger partial charge in [0.25, 0.3) is 0 Å². The van der Waals surface area contributed by atoms with Crippen molar-refractivity contribution in [2.45, 2.75) is 32.4 Å². The summed E-state index contributed by atoms with van der Waals surface area (Å²) >= 11 is 0. The second kappa shape index (κ2) is 6.54. The minimum absolute atomic E-state index is 0.0291. The van der Waals surface area contributed by atoms with E-state index in [4.69, 9.17) is 0 Å². The van der Waals surface area contributed by atoms with Crippen LogP contribution >= 0.6 is 0 Å². The molecule has 1 aliphatic rings. The first-order valence-corrected chi connectivity index (χ1v) is 7.33. The molecule has 0 spiro atoms. The molecule has 1 aliphatic heterocycles. The molecular formula is C16H23FN2O2. The monoisotopic (exact) mass is 294 g/mol. The van der Waals surface area contributed by atoms with E-state index in [-0.39, 0.29) is 17.6 Å². The van der Waals surface area contributed by atoms with E-state index >= 15 is 0 Å². The zero-order chi connectivity index (χ0) is 15.5. The van der Waals surface area contributed by atoms with Gasteiger partial charge < -0.3 is 10.4 Å². The number of hydrogen-bond donors (Lipinski definition) is 2. The Kier molecular flexibility index (Phi) is 4.96. The van der Waals surface area contributed by atoms with Gasteiger partial charge in [0.2, 0.25) is 5.91 Å². The molecule has 1 saturated heterocycles. The lowest BCUT2D eigenvalue weighted by Gasteiger charge is -2.20. The summed E-state index contributed by atoms with van der Waals surface area (Å²) in [5.41, 5.74) is 0.215. The molecule has 1 aromatic rings. The number of carbonyl (C=O) groups is 1. The van der Waals surface area contributed by atoms with Crippen LogP contribution in [0.25, 0.3) is 0 Å². The van der Waals surface area contributed by atoms with Crippen molar-refractivity contribution in [3.05, 3.63) is 35.6 Å². The van der Waals surface area contributed by atoms with Crippen molar-refractivity contribution < 1.29 is 14.3 Å². The number of carbonyl (C=O) groups excluding carboxylic acids is 1. The molecule has 2 N–H and O–H groups in total. The van der Waals surface area contributed by atoms with Gasteiger partial charge in [0.05, 0.1) is 5.60 Å². The van der Waals surface area contributed by atoms with Crippen LogP contribution in [0.3, 0.4) is 0 Å². The van der Waals surface area contributed by atoms with Gasteiger partial charge in [0.15, 0.2) is 0 Å². The molecule has 21 heavy (non-hydrogen) atoms. The highest BCUT2D eigenvalue weighted by atomic mass is 19.1. The smallest absolute Gasteiger partial charge is 0.221 e. The Bertz CT molecular complexity index is 488. The van der Waals surface area contributed by atoms with E-state index in [0.29, 0.717) is 26.1 Å². The molecule has 116 valence electrons. The minimum Gasteiger partial charge on any atom is -0.389 e. The van der Waals surface area contributed by atoms with Gasteiger partial charge in [0, 0.05) is 32.6 Å². The molecule has 1 fully saturated rings. The first-order chi connectivity index (χ1) is 9.87. The van der Waals surface area contributed by atoms with Crippen molar-refractivity contribution >= 4 is 5.91 Å². The second-order valence-corrected chi connectivity index (χ2v) is 6.15. The molecule has 0 aromatic heterocycles. The summed E-state index contributed by atoms with van der Waals surface area (Å²) < 4.78 is 12.8. The Morgan fingerprint density at radius 2 is 2.14 bits per heavy atom. The van der Waals surface area contributed by atoms with Crippen LogP contribution in [0.4, 0.5) is 4.39 Å². The average molecular weight is 294 g/mol. The second-order valence-electron chi connectivity index (χ2n) is 6.15. The van der Waals surface area contributed by atoms with E-state index in [1.54, 1.807) is 12.1 Å². The van der Waals surface area contributed by atoms with Gasteiger partial charge in [-0.05, 0) is 30.5 Å². The van der Waals surface area contributed by atoms with E-state index in [2.05, 4.69) is 10.2 Å². The minimum atomic E-state index is -0.662. The van der Waals surface area contributed by atoms with Crippen LogP contribution in [0.2, 0.25) is 0 Å². The van der Waals surface area contributed by atoms with Crippen LogP contribution in [-0.2, 0) is 11.3 Å². The quantitative estimate of drug-likeness (QED) is 0.866. The number of nitrogens with zero attached hydrogens (tertiary/aromatic N) is 1. The Labute approximate surface area is 125 Å². The molecule has 0 aliphatic carbocycles. The Morgan fingerprint density at radius 3 is 2.71 bits per heavy atom. The van der Waals surface area contributed by atoms with Crippen LogP contribution in [0.1, 0.15) is 25.8 Å². The SMILES string of the molecule is C[C@@H]1CN(CCC(=O)NCc2ccc(F)cc2)C[C@]1(C)O. The first-order valence-electron chi connectivity index (χ1n) is 7.33. The summed E-state index contributed by atoms with van der Waals surface area (Å²) in [4.78, 5) is 13.9. The fourth-order valence-corrected chi connectivity index (χ4v) is 2.58. The Morgan fingerprint density at radius 1 is 1.48 bits per heavy atom. The third-order valence-electron chi connectivity index (χ3n) is 4.20. The molecule has 5 heteroatoms. The topological polar surface area (TPSA) is 52.6 Å². The zero-order valence-electron chi connectivity index (χ0n) is 12.6. The summed E-state index contributed by atoms with van der Waals surface area (Å²) in [5.74, 6) is -0.0846. The lowest BCUT2D eigenvalue weighted by molar-refractivity contribution is -0.121. The number of rotatable bonds is 5. The first kappa shape index (κ1) is 15.9. The molecule has 1 aromatic carbocycles. The van der Waals surface area contributed by atoms with E-state index in [1.165, 1.54) is 12.1 Å². The Hall–Kier alpha value is -1.46. The largest absolute Gasteiger partial charge is 0.389 e. The van der Waals surface area contributed by atoms with Gasteiger partial charge in [-0.15, -0.1) is 0 Å². The number of amides is 1. The summed E-state index contributed by atoms with van der Waals surface area (Å²) in [5, 5.41) is 12.9. The standard InChI is InChI=1S/C16H23FN2O2/c1-12-10-19(11-16(12,2)21)8-7-15(20)18-9-13-3-5-14(17)6-4-13/h3-6,12,21H,7-11H2,1-2H3,(H,18,20)/t12-,16+/m1/s1. The number of benzene rings is 1. The highest BCUT2D eigenvalue weighted by molar-refractivity contribution is 5.76. The molecule has 0 bridgehead atoms. The highest BCUT2D eigenvalue weighted by Gasteiger charge is 2.38. The van der Waals surface area contributed by atoms with Crippen molar-refractivity contribution in [2.24, 2.45) is 5.92 Å². The fraction of sp³-hybridized carbons (Fsp3) is 0.562. The lowest BCUT2D eigenvalue weighted by atomic mass is 9.95. The number of β-amino-alcohol motifs (C(OH)–C–C–N with tert-alkyl or cyclic N) is 1. The molecule has 2 atom stereocenters. The summed E-state index contributed by atoms with van der Waals surface area (Å²) in [6.45, 7) is 6.35. The van der Waals surface area contributed by atoms with Crippen LogP contribution < -0.4 is 5.32 Å². The number of aliphatic hydroxyl groups is 1. The molecule has 0 radical (unpaired) electrons. The average Bonchev–Trinajstić information content (AvgIpc) is 2.69. The van der Waals surface area contributed by atoms with E-state index in [0.717, 1.165) is 12.1 Å². The molecule has 0 saturated carbocycles. The Balaban J connectivity index is 1.70. The number of likely N-dealkylation sites (tertiary alicyclic amines) is 1. The number of nitrogens with one attached hydrogen (secondary N) is 1. The van der Waals surface area contributed by atoms with Gasteiger partial charge in [-0.25, -0.2) is 4.39 Å². The lowest BCUT2D eigenvalue weighted by Crippen LogP contribution is -2.34. The maximum Gasteiger partial charge on any atom is 0.221 e. The van der Waals surface area contributed by atoms with Gasteiger partial charge >= 0.3 is 0 Å². The van der Waals surface area contributed by atoms with Crippen molar-refractivity contribution in [1.82, 2.24) is 10.2 Å². The maximum atomic E-state index is 12.8. The molecule has 1 amide bonds. The fourth-order valence-electron chi connectivity index (χ4n) is 2.58. The summed E-state index contributed by atoms with van der Waals surface area (Å²) in [6, 6.07) is 6.09. The van der Waals surface area contributed by atoms with Gasteiger partial charge in [0.1, 0.15) is 5.82 Å². The predicted octanol–water partition coefficient (Wildman–Crippen LogP) is 1.53. The number of hydrogen-bond acceptors (Lipinski definition) is 3. The van der Waals surface area contributed by atoms with Crippen molar-refractivity contribution in [1.29, 1.82) is 0 Å². The molecule has 0 unspecified atom stereocenters. The van der Waals surface area contributed by atoms with Gasteiger partial charge in [-0.3, -0.25) is 9.69 Å². The predicted molar refractivity (Wildman–Crippen MR) is 79.1 cm³/mol. The van der Waals surface area contributed by atoms with Crippen molar-refractivity contribution in [3.63, 3.8) is 0 Å². The van der Waals surface area contributed by atoms with Crippen LogP contribution in [0.5, 0.6) is 0 Å². The van der Waals surface area contributed by atoms with Gasteiger partial charge in [-0.2, -0.15) is 0 Å². The zero-order valence-corrected chi connectivity index (χ0v) is 12.6. The molecule has 4 nitrogen and oxygen atoms in total. The molecule has 1 heterocycles. The van der Waals surface area contributed by atoms with Crippen LogP contribution in [-0.4, -0.2) is 41.1 Å². The van der Waals surface area contributed by atoms with E-state index < -0.39 is 5.60 Å². The normalized spacial score (nSPS) is 26.0. The molecule has 2 rings (SSSR count). The van der Waals surface area contributed by atoms with E-state index in [9.17, 15) is 14.3 Å².